The predicted molar refractivity (Wildman–Crippen MR) is 80.7 cm³/mol. The topological polar surface area (TPSA) is 96.7 Å². The lowest BCUT2D eigenvalue weighted by molar-refractivity contribution is -0.117. The van der Waals surface area contributed by atoms with Crippen molar-refractivity contribution in [1.29, 1.82) is 0 Å². The zero-order valence-electron chi connectivity index (χ0n) is 11.4. The van der Waals surface area contributed by atoms with Gasteiger partial charge in [0.1, 0.15) is 0 Å². The van der Waals surface area contributed by atoms with Crippen molar-refractivity contribution in [3.63, 3.8) is 0 Å². The predicted octanol–water partition coefficient (Wildman–Crippen LogP) is 1.74. The Kier molecular flexibility index (Phi) is 5.66. The van der Waals surface area contributed by atoms with Crippen molar-refractivity contribution >= 4 is 24.1 Å². The van der Waals surface area contributed by atoms with E-state index >= 15 is 0 Å². The molecule has 0 fully saturated rings. The molecule has 2 heterocycles. The van der Waals surface area contributed by atoms with Crippen LogP contribution >= 0.6 is 12.4 Å². The number of pyridine rings is 1. The molecule has 2 rings (SSSR count). The molecule has 0 radical (unpaired) electrons. The second-order valence-corrected chi connectivity index (χ2v) is 4.29. The molecular weight excluding hydrogens is 278 g/mol. The van der Waals surface area contributed by atoms with Crippen molar-refractivity contribution < 1.29 is 4.79 Å². The van der Waals surface area contributed by atoms with Gasteiger partial charge >= 0.3 is 0 Å². The SMILES string of the molecule is CCc1c(NC(=O)C(C)N)n[nH]c1-c1ccncc1.Cl. The largest absolute Gasteiger partial charge is 0.320 e. The number of carbonyl (C=O) groups excluding carboxylic acids is 1. The summed E-state index contributed by atoms with van der Waals surface area (Å²) < 4.78 is 0. The molecule has 4 N–H and O–H groups in total. The first kappa shape index (κ1) is 16.1. The van der Waals surface area contributed by atoms with E-state index in [0.717, 1.165) is 23.2 Å². The molecule has 7 heteroatoms. The molecular formula is C13H18ClN5O. The molecule has 1 atom stereocenters. The zero-order chi connectivity index (χ0) is 13.8. The number of nitrogens with one attached hydrogen (secondary N) is 2. The van der Waals surface area contributed by atoms with Gasteiger partial charge in [-0.2, -0.15) is 5.10 Å². The lowest BCUT2D eigenvalue weighted by Gasteiger charge is -2.07. The molecule has 0 aliphatic carbocycles. The lowest BCUT2D eigenvalue weighted by Crippen LogP contribution is -2.32. The van der Waals surface area contributed by atoms with Crippen LogP contribution in [0.25, 0.3) is 11.3 Å². The minimum absolute atomic E-state index is 0. The second-order valence-electron chi connectivity index (χ2n) is 4.29. The van der Waals surface area contributed by atoms with Gasteiger partial charge in [0, 0.05) is 23.5 Å². The molecule has 0 aromatic carbocycles. The number of amides is 1. The van der Waals surface area contributed by atoms with E-state index in [0.29, 0.717) is 5.82 Å². The van der Waals surface area contributed by atoms with Crippen LogP contribution in [-0.4, -0.2) is 27.1 Å². The molecule has 108 valence electrons. The standard InChI is InChI=1S/C13H17N5O.ClH/c1-3-10-11(9-4-6-15-7-5-9)17-18-12(10)16-13(19)8(2)14;/h4-8H,3,14H2,1-2H3,(H2,16,17,18,19);1H. The Balaban J connectivity index is 0.00000200. The second kappa shape index (κ2) is 7.02. The number of halogens is 1. The average Bonchev–Trinajstić information content (AvgIpc) is 2.82. The van der Waals surface area contributed by atoms with Crippen LogP contribution in [0.5, 0.6) is 0 Å². The molecule has 0 saturated heterocycles. The molecule has 0 spiro atoms. The van der Waals surface area contributed by atoms with Gasteiger partial charge in [0.25, 0.3) is 0 Å². The number of H-pyrrole nitrogens is 1. The molecule has 1 amide bonds. The summed E-state index contributed by atoms with van der Waals surface area (Å²) in [7, 11) is 0. The van der Waals surface area contributed by atoms with Crippen LogP contribution in [0.3, 0.4) is 0 Å². The Morgan fingerprint density at radius 3 is 2.65 bits per heavy atom. The first-order valence-electron chi connectivity index (χ1n) is 6.17. The van der Waals surface area contributed by atoms with E-state index in [9.17, 15) is 4.79 Å². The third kappa shape index (κ3) is 3.34. The number of aromatic nitrogens is 3. The summed E-state index contributed by atoms with van der Waals surface area (Å²) in [4.78, 5) is 15.6. The van der Waals surface area contributed by atoms with E-state index in [1.54, 1.807) is 19.3 Å². The van der Waals surface area contributed by atoms with E-state index in [1.165, 1.54) is 0 Å². The van der Waals surface area contributed by atoms with Crippen molar-refractivity contribution in [2.45, 2.75) is 26.3 Å². The van der Waals surface area contributed by atoms with Crippen LogP contribution < -0.4 is 11.1 Å². The van der Waals surface area contributed by atoms with Crippen LogP contribution in [0.2, 0.25) is 0 Å². The van der Waals surface area contributed by atoms with Gasteiger partial charge in [-0.3, -0.25) is 14.9 Å². The van der Waals surface area contributed by atoms with E-state index in [2.05, 4.69) is 20.5 Å². The summed E-state index contributed by atoms with van der Waals surface area (Å²) in [5, 5.41) is 9.83. The fraction of sp³-hybridized carbons (Fsp3) is 0.308. The number of hydrogen-bond donors (Lipinski definition) is 3. The van der Waals surface area contributed by atoms with E-state index in [1.807, 2.05) is 19.1 Å². The molecule has 2 aromatic heterocycles. The minimum Gasteiger partial charge on any atom is -0.320 e. The number of rotatable bonds is 4. The lowest BCUT2D eigenvalue weighted by atomic mass is 10.1. The molecule has 0 saturated carbocycles. The number of hydrogen-bond acceptors (Lipinski definition) is 4. The van der Waals surface area contributed by atoms with Crippen LogP contribution in [0.4, 0.5) is 5.82 Å². The number of anilines is 1. The van der Waals surface area contributed by atoms with Crippen molar-refractivity contribution in [3.05, 3.63) is 30.1 Å². The zero-order valence-corrected chi connectivity index (χ0v) is 12.2. The molecule has 1 unspecified atom stereocenters. The van der Waals surface area contributed by atoms with Gasteiger partial charge < -0.3 is 11.1 Å². The molecule has 0 aliphatic rings. The van der Waals surface area contributed by atoms with Gasteiger partial charge in [-0.05, 0) is 25.5 Å². The van der Waals surface area contributed by atoms with Gasteiger partial charge in [-0.15, -0.1) is 12.4 Å². The van der Waals surface area contributed by atoms with Gasteiger partial charge in [-0.1, -0.05) is 6.92 Å². The Bertz CT molecular complexity index is 567. The third-order valence-corrected chi connectivity index (χ3v) is 2.84. The van der Waals surface area contributed by atoms with Crippen molar-refractivity contribution in [2.24, 2.45) is 5.73 Å². The highest BCUT2D eigenvalue weighted by Gasteiger charge is 2.16. The monoisotopic (exact) mass is 295 g/mol. The highest BCUT2D eigenvalue weighted by molar-refractivity contribution is 5.94. The highest BCUT2D eigenvalue weighted by Crippen LogP contribution is 2.26. The molecule has 0 aliphatic heterocycles. The maximum atomic E-state index is 11.6. The van der Waals surface area contributed by atoms with Crippen LogP contribution in [0.15, 0.2) is 24.5 Å². The van der Waals surface area contributed by atoms with Crippen LogP contribution in [0.1, 0.15) is 19.4 Å². The van der Waals surface area contributed by atoms with Crippen molar-refractivity contribution in [3.8, 4) is 11.3 Å². The fourth-order valence-corrected chi connectivity index (χ4v) is 1.80. The maximum absolute atomic E-state index is 11.6. The number of nitrogens with zero attached hydrogens (tertiary/aromatic N) is 2. The normalized spacial score (nSPS) is 11.6. The number of carbonyl (C=O) groups is 1. The fourth-order valence-electron chi connectivity index (χ4n) is 1.80. The smallest absolute Gasteiger partial charge is 0.242 e. The quantitative estimate of drug-likeness (QED) is 0.800. The Morgan fingerprint density at radius 1 is 1.45 bits per heavy atom. The average molecular weight is 296 g/mol. The van der Waals surface area contributed by atoms with Crippen molar-refractivity contribution in [2.75, 3.05) is 5.32 Å². The van der Waals surface area contributed by atoms with E-state index in [4.69, 9.17) is 5.73 Å². The van der Waals surface area contributed by atoms with Gasteiger partial charge in [-0.25, -0.2) is 0 Å². The summed E-state index contributed by atoms with van der Waals surface area (Å²) in [6.45, 7) is 3.65. The Morgan fingerprint density at radius 2 is 2.10 bits per heavy atom. The molecule has 0 bridgehead atoms. The number of nitrogens with two attached hydrogens (primary N) is 1. The van der Waals surface area contributed by atoms with Gasteiger partial charge in [0.15, 0.2) is 5.82 Å². The third-order valence-electron chi connectivity index (χ3n) is 2.84. The van der Waals surface area contributed by atoms with Gasteiger partial charge in [0.2, 0.25) is 5.91 Å². The summed E-state index contributed by atoms with van der Waals surface area (Å²) in [5.41, 5.74) is 8.37. The van der Waals surface area contributed by atoms with Gasteiger partial charge in [0.05, 0.1) is 11.7 Å². The number of aromatic amines is 1. The van der Waals surface area contributed by atoms with Crippen LogP contribution in [0, 0.1) is 0 Å². The summed E-state index contributed by atoms with van der Waals surface area (Å²) in [5.74, 6) is 0.291. The molecule has 20 heavy (non-hydrogen) atoms. The molecule has 6 nitrogen and oxygen atoms in total. The first-order chi connectivity index (χ1) is 9.13. The summed E-state index contributed by atoms with van der Waals surface area (Å²) >= 11 is 0. The summed E-state index contributed by atoms with van der Waals surface area (Å²) in [6, 6.07) is 3.22. The maximum Gasteiger partial charge on any atom is 0.242 e. The Labute approximate surface area is 123 Å². The van der Waals surface area contributed by atoms with Crippen molar-refractivity contribution in [1.82, 2.24) is 15.2 Å². The Hall–Kier alpha value is -1.92. The summed E-state index contributed by atoms with van der Waals surface area (Å²) in [6.07, 6.45) is 4.19. The molecule has 2 aromatic rings. The minimum atomic E-state index is -0.564. The first-order valence-corrected chi connectivity index (χ1v) is 6.17. The van der Waals surface area contributed by atoms with E-state index in [-0.39, 0.29) is 18.3 Å². The van der Waals surface area contributed by atoms with E-state index < -0.39 is 6.04 Å². The van der Waals surface area contributed by atoms with Crippen LogP contribution in [-0.2, 0) is 11.2 Å². The highest BCUT2D eigenvalue weighted by atomic mass is 35.5.